The molecule has 0 radical (unpaired) electrons. The molecule has 1 fully saturated rings. The SMILES string of the molecule is CCOc1cc(C=C2NC(=O)NC2=O)ccc1OCc1ccccc1F. The van der Waals surface area contributed by atoms with E-state index in [0.717, 1.165) is 0 Å². The zero-order valence-electron chi connectivity index (χ0n) is 14.0. The largest absolute Gasteiger partial charge is 0.490 e. The van der Waals surface area contributed by atoms with Gasteiger partial charge in [-0.05, 0) is 36.8 Å². The molecule has 1 heterocycles. The number of hydrogen-bond acceptors (Lipinski definition) is 4. The van der Waals surface area contributed by atoms with Gasteiger partial charge in [-0.1, -0.05) is 24.3 Å². The third-order valence-electron chi connectivity index (χ3n) is 3.64. The van der Waals surface area contributed by atoms with Crippen LogP contribution in [0.25, 0.3) is 6.08 Å². The normalized spacial score (nSPS) is 14.9. The zero-order valence-corrected chi connectivity index (χ0v) is 14.0. The van der Waals surface area contributed by atoms with Gasteiger partial charge in [-0.25, -0.2) is 9.18 Å². The van der Waals surface area contributed by atoms with Crippen LogP contribution in [0.15, 0.2) is 48.2 Å². The van der Waals surface area contributed by atoms with E-state index in [4.69, 9.17) is 9.47 Å². The Morgan fingerprint density at radius 3 is 2.54 bits per heavy atom. The molecule has 0 unspecified atom stereocenters. The van der Waals surface area contributed by atoms with E-state index < -0.39 is 11.9 Å². The topological polar surface area (TPSA) is 76.7 Å². The van der Waals surface area contributed by atoms with Crippen molar-refractivity contribution in [3.63, 3.8) is 0 Å². The van der Waals surface area contributed by atoms with Crippen molar-refractivity contribution in [2.24, 2.45) is 0 Å². The Labute approximate surface area is 149 Å². The van der Waals surface area contributed by atoms with Gasteiger partial charge >= 0.3 is 6.03 Å². The fourth-order valence-corrected chi connectivity index (χ4v) is 2.42. The van der Waals surface area contributed by atoms with Crippen LogP contribution in [0, 0.1) is 5.82 Å². The molecule has 2 aromatic rings. The van der Waals surface area contributed by atoms with Gasteiger partial charge < -0.3 is 14.8 Å². The lowest BCUT2D eigenvalue weighted by molar-refractivity contribution is -0.115. The Kier molecular flexibility index (Phi) is 5.17. The molecule has 0 atom stereocenters. The van der Waals surface area contributed by atoms with Crippen molar-refractivity contribution in [1.29, 1.82) is 0 Å². The summed E-state index contributed by atoms with van der Waals surface area (Å²) in [6.45, 7) is 2.30. The first kappa shape index (κ1) is 17.5. The number of rotatable bonds is 6. The van der Waals surface area contributed by atoms with Gasteiger partial charge in [0.1, 0.15) is 18.1 Å². The lowest BCUT2D eigenvalue weighted by Crippen LogP contribution is -2.22. The summed E-state index contributed by atoms with van der Waals surface area (Å²) in [5, 5.41) is 4.55. The smallest absolute Gasteiger partial charge is 0.326 e. The molecule has 2 N–H and O–H groups in total. The second kappa shape index (κ2) is 7.69. The monoisotopic (exact) mass is 356 g/mol. The second-order valence-electron chi connectivity index (χ2n) is 5.49. The molecule has 3 amide bonds. The van der Waals surface area contributed by atoms with Crippen LogP contribution in [0.5, 0.6) is 11.5 Å². The van der Waals surface area contributed by atoms with Gasteiger partial charge in [-0.2, -0.15) is 0 Å². The van der Waals surface area contributed by atoms with Crippen molar-refractivity contribution in [2.45, 2.75) is 13.5 Å². The molecule has 0 spiro atoms. The summed E-state index contributed by atoms with van der Waals surface area (Å²) >= 11 is 0. The lowest BCUT2D eigenvalue weighted by Gasteiger charge is -2.13. The minimum absolute atomic E-state index is 0.0612. The van der Waals surface area contributed by atoms with Crippen LogP contribution in [0.4, 0.5) is 9.18 Å². The minimum atomic E-state index is -0.559. The number of amides is 3. The third kappa shape index (κ3) is 4.00. The molecule has 3 rings (SSSR count). The fourth-order valence-electron chi connectivity index (χ4n) is 2.42. The van der Waals surface area contributed by atoms with Gasteiger partial charge in [-0.15, -0.1) is 0 Å². The lowest BCUT2D eigenvalue weighted by atomic mass is 10.1. The van der Waals surface area contributed by atoms with E-state index in [-0.39, 0.29) is 18.1 Å². The third-order valence-corrected chi connectivity index (χ3v) is 3.64. The van der Waals surface area contributed by atoms with Gasteiger partial charge in [0, 0.05) is 5.56 Å². The predicted molar refractivity (Wildman–Crippen MR) is 93.0 cm³/mol. The maximum absolute atomic E-state index is 13.7. The van der Waals surface area contributed by atoms with Crippen LogP contribution < -0.4 is 20.1 Å². The van der Waals surface area contributed by atoms with Gasteiger partial charge in [0.15, 0.2) is 11.5 Å². The maximum atomic E-state index is 13.7. The molecule has 6 nitrogen and oxygen atoms in total. The van der Waals surface area contributed by atoms with Crippen molar-refractivity contribution in [2.75, 3.05) is 6.61 Å². The first-order valence-corrected chi connectivity index (χ1v) is 8.04. The van der Waals surface area contributed by atoms with Crippen molar-refractivity contribution in [1.82, 2.24) is 10.6 Å². The molecule has 26 heavy (non-hydrogen) atoms. The quantitative estimate of drug-likeness (QED) is 0.616. The highest BCUT2D eigenvalue weighted by molar-refractivity contribution is 6.14. The number of imide groups is 1. The number of ether oxygens (including phenoxy) is 2. The summed E-state index contributed by atoms with van der Waals surface area (Å²) in [6.07, 6.45) is 1.53. The van der Waals surface area contributed by atoms with Gasteiger partial charge in [0.05, 0.1) is 6.61 Å². The Bertz CT molecular complexity index is 880. The minimum Gasteiger partial charge on any atom is -0.490 e. The molecule has 0 aromatic heterocycles. The average Bonchev–Trinajstić information content (AvgIpc) is 2.93. The van der Waals surface area contributed by atoms with Crippen molar-refractivity contribution in [3.05, 3.63) is 65.1 Å². The number of nitrogens with one attached hydrogen (secondary N) is 2. The van der Waals surface area contributed by atoms with Gasteiger partial charge in [0.25, 0.3) is 5.91 Å². The standard InChI is InChI=1S/C19H17FN2O4/c1-2-25-17-10-12(9-15-18(23)22-19(24)21-15)7-8-16(17)26-11-13-5-3-4-6-14(13)20/h3-10H,2,11H2,1H3,(H2,21,22,23,24). The zero-order chi connectivity index (χ0) is 18.5. The summed E-state index contributed by atoms with van der Waals surface area (Å²) in [7, 11) is 0. The van der Waals surface area contributed by atoms with Crippen LogP contribution in [0.2, 0.25) is 0 Å². The molecule has 1 aliphatic heterocycles. The highest BCUT2D eigenvalue weighted by Gasteiger charge is 2.22. The van der Waals surface area contributed by atoms with E-state index in [2.05, 4.69) is 10.6 Å². The van der Waals surface area contributed by atoms with E-state index in [1.54, 1.807) is 36.4 Å². The second-order valence-corrected chi connectivity index (χ2v) is 5.49. The summed E-state index contributed by atoms with van der Waals surface area (Å²) < 4.78 is 25.0. The Hall–Kier alpha value is -3.35. The fraction of sp³-hybridized carbons (Fsp3) is 0.158. The molecule has 2 aromatic carbocycles. The van der Waals surface area contributed by atoms with Crippen molar-refractivity contribution < 1.29 is 23.5 Å². The number of benzene rings is 2. The average molecular weight is 356 g/mol. The number of urea groups is 1. The van der Waals surface area contributed by atoms with Crippen LogP contribution in [0.3, 0.4) is 0 Å². The van der Waals surface area contributed by atoms with Crippen molar-refractivity contribution in [3.8, 4) is 11.5 Å². The molecular formula is C19H17FN2O4. The number of carbonyl (C=O) groups excluding carboxylic acids is 2. The van der Waals surface area contributed by atoms with E-state index in [1.807, 2.05) is 6.92 Å². The van der Waals surface area contributed by atoms with E-state index in [9.17, 15) is 14.0 Å². The van der Waals surface area contributed by atoms with E-state index >= 15 is 0 Å². The van der Waals surface area contributed by atoms with Crippen LogP contribution in [-0.4, -0.2) is 18.5 Å². The highest BCUT2D eigenvalue weighted by Crippen LogP contribution is 2.30. The van der Waals surface area contributed by atoms with Crippen molar-refractivity contribution >= 4 is 18.0 Å². The molecule has 1 aliphatic rings. The highest BCUT2D eigenvalue weighted by atomic mass is 19.1. The maximum Gasteiger partial charge on any atom is 0.326 e. The van der Waals surface area contributed by atoms with Crippen LogP contribution >= 0.6 is 0 Å². The van der Waals surface area contributed by atoms with Gasteiger partial charge in [0.2, 0.25) is 0 Å². The Morgan fingerprint density at radius 2 is 1.85 bits per heavy atom. The molecule has 0 bridgehead atoms. The number of halogens is 1. The first-order chi connectivity index (χ1) is 12.6. The van der Waals surface area contributed by atoms with Crippen LogP contribution in [-0.2, 0) is 11.4 Å². The van der Waals surface area contributed by atoms with E-state index in [1.165, 1.54) is 12.1 Å². The molecular weight excluding hydrogens is 339 g/mol. The molecule has 7 heteroatoms. The molecule has 0 saturated carbocycles. The molecule has 0 aliphatic carbocycles. The first-order valence-electron chi connectivity index (χ1n) is 8.04. The predicted octanol–water partition coefficient (Wildman–Crippen LogP) is 2.98. The summed E-state index contributed by atoms with van der Waals surface area (Å²) in [4.78, 5) is 22.8. The van der Waals surface area contributed by atoms with E-state index in [0.29, 0.717) is 29.2 Å². The molecule has 134 valence electrons. The Morgan fingerprint density at radius 1 is 1.04 bits per heavy atom. The summed E-state index contributed by atoms with van der Waals surface area (Å²) in [6, 6.07) is 10.9. The Balaban J connectivity index is 1.80. The number of carbonyl (C=O) groups is 2. The summed E-state index contributed by atoms with van der Waals surface area (Å²) in [5.74, 6) is 0.0859. The summed E-state index contributed by atoms with van der Waals surface area (Å²) in [5.41, 5.74) is 1.24. The van der Waals surface area contributed by atoms with Crippen LogP contribution in [0.1, 0.15) is 18.1 Å². The van der Waals surface area contributed by atoms with Gasteiger partial charge in [-0.3, -0.25) is 10.1 Å². The molecule has 1 saturated heterocycles. The number of hydrogen-bond donors (Lipinski definition) is 2.